The monoisotopic (exact) mass is 590 g/mol. The quantitative estimate of drug-likeness (QED) is 0.288. The lowest BCUT2D eigenvalue weighted by Crippen LogP contribution is -2.78. The molecule has 2 aliphatic heterocycles. The Kier molecular flexibility index (Phi) is 7.69. The zero-order valence-electron chi connectivity index (χ0n) is 23.7. The fourth-order valence-corrected chi connectivity index (χ4v) is 7.45. The molecule has 1 aromatic heterocycles. The summed E-state index contributed by atoms with van der Waals surface area (Å²) in [5.74, 6) is -5.74. The lowest BCUT2D eigenvalue weighted by molar-refractivity contribution is -0.325. The molecular weight excluding hydrogens is 556 g/mol. The molecule has 13 heteroatoms. The normalized spacial score (nSPS) is 38.7. The summed E-state index contributed by atoms with van der Waals surface area (Å²) in [6.07, 6.45) is -3.11. The zero-order valence-corrected chi connectivity index (χ0v) is 23.7. The summed E-state index contributed by atoms with van der Waals surface area (Å²) < 4.78 is 40.1. The summed E-state index contributed by atoms with van der Waals surface area (Å²) in [4.78, 5) is 61.8. The summed E-state index contributed by atoms with van der Waals surface area (Å²) in [6, 6.07) is 1.63. The van der Waals surface area contributed by atoms with Gasteiger partial charge >= 0.3 is 29.8 Å². The second kappa shape index (κ2) is 10.8. The van der Waals surface area contributed by atoms with Crippen molar-refractivity contribution in [1.29, 1.82) is 0 Å². The van der Waals surface area contributed by atoms with Crippen LogP contribution in [0.5, 0.6) is 0 Å². The largest absolute Gasteiger partial charge is 0.472 e. The van der Waals surface area contributed by atoms with Gasteiger partial charge in [0.1, 0.15) is 35.6 Å². The first kappa shape index (κ1) is 29.8. The van der Waals surface area contributed by atoms with Crippen LogP contribution in [0.2, 0.25) is 0 Å². The Labute approximate surface area is 241 Å². The van der Waals surface area contributed by atoms with E-state index in [1.807, 2.05) is 0 Å². The lowest BCUT2D eigenvalue weighted by Gasteiger charge is -2.67. The van der Waals surface area contributed by atoms with Crippen LogP contribution in [0.25, 0.3) is 0 Å². The van der Waals surface area contributed by atoms with Crippen molar-refractivity contribution >= 4 is 29.8 Å². The average molecular weight is 591 g/mol. The third-order valence-corrected chi connectivity index (χ3v) is 8.82. The van der Waals surface area contributed by atoms with E-state index in [4.69, 9.17) is 32.8 Å². The number of aliphatic hydroxyl groups is 1. The number of furan rings is 1. The molecule has 1 aromatic rings. The van der Waals surface area contributed by atoms with E-state index in [0.717, 1.165) is 0 Å². The first-order valence-corrected chi connectivity index (χ1v) is 13.7. The minimum absolute atomic E-state index is 0.00728. The smallest absolute Gasteiger partial charge is 0.309 e. The molecule has 10 atom stereocenters. The molecule has 0 aromatic carbocycles. The Balaban J connectivity index is 1.70. The topological polar surface area (TPSA) is 174 Å². The molecule has 13 nitrogen and oxygen atoms in total. The third kappa shape index (κ3) is 4.87. The van der Waals surface area contributed by atoms with E-state index in [1.54, 1.807) is 6.07 Å². The molecule has 0 amide bonds. The first-order valence-electron chi connectivity index (χ1n) is 13.7. The third-order valence-electron chi connectivity index (χ3n) is 8.82. The van der Waals surface area contributed by atoms with Gasteiger partial charge in [0, 0.05) is 51.0 Å². The first-order chi connectivity index (χ1) is 19.8. The van der Waals surface area contributed by atoms with Crippen molar-refractivity contribution < 1.29 is 61.9 Å². The Morgan fingerprint density at radius 3 is 2.31 bits per heavy atom. The van der Waals surface area contributed by atoms with E-state index in [-0.39, 0.29) is 31.4 Å². The van der Waals surface area contributed by atoms with Crippen LogP contribution in [-0.2, 0) is 52.4 Å². The number of cyclic esters (lactones) is 1. The molecule has 1 N–H and O–H groups in total. The molecule has 2 aliphatic carbocycles. The van der Waals surface area contributed by atoms with Crippen molar-refractivity contribution in [2.24, 2.45) is 17.8 Å². The van der Waals surface area contributed by atoms with Gasteiger partial charge in [-0.1, -0.05) is 6.58 Å². The minimum Gasteiger partial charge on any atom is -0.472 e. The fraction of sp³-hybridized carbons (Fsp3) is 0.621. The number of carbonyl (C=O) groups excluding carboxylic acids is 5. The van der Waals surface area contributed by atoms with Crippen LogP contribution < -0.4 is 0 Å². The highest BCUT2D eigenvalue weighted by molar-refractivity contribution is 5.74. The van der Waals surface area contributed by atoms with Gasteiger partial charge in [0.05, 0.1) is 25.6 Å². The van der Waals surface area contributed by atoms with Gasteiger partial charge < -0.3 is 37.9 Å². The maximum absolute atomic E-state index is 13.1. The SMILES string of the molecule is C=C1[C@@]2(O)[C@@H]3[C@@H](COC(C)=O)C[C@H](OC(C)=O)[C@H](OC(C)=O)[C@@H]3O[C@@]13CC(=O)O[C@@H](c1ccoc1)[C@H]3C[C@H]2OC(C)=O. The molecule has 228 valence electrons. The van der Waals surface area contributed by atoms with Crippen molar-refractivity contribution in [2.45, 2.75) is 88.7 Å². The maximum atomic E-state index is 13.1. The minimum atomic E-state index is -2.03. The van der Waals surface area contributed by atoms with E-state index in [2.05, 4.69) is 6.58 Å². The number of carbonyl (C=O) groups is 5. The fourth-order valence-electron chi connectivity index (χ4n) is 7.45. The standard InChI is InChI=1S/C29H34O13/c1-13-28-10-23(34)41-25(18-6-7-36-11-18)20(28)9-22(39-16(4)32)29(13,35)24-19(12-37-14(2)30)8-21(38-15(3)31)26(27(24)42-28)40-17(5)33/h6-7,11,19-22,24-27,35H,1,8-10,12H2,2-5H3/t19-,20-,21+,22-,24-,25+,26+,27-,28+,29+/m1/s1. The molecule has 0 radical (unpaired) electrons. The van der Waals surface area contributed by atoms with Crippen LogP contribution in [0, 0.1) is 17.8 Å². The van der Waals surface area contributed by atoms with Gasteiger partial charge in [-0.15, -0.1) is 0 Å². The number of hydrogen-bond acceptors (Lipinski definition) is 13. The summed E-state index contributed by atoms with van der Waals surface area (Å²) in [5, 5.41) is 12.8. The van der Waals surface area contributed by atoms with Gasteiger partial charge in [0.15, 0.2) is 6.10 Å². The van der Waals surface area contributed by atoms with Crippen LogP contribution in [0.3, 0.4) is 0 Å². The van der Waals surface area contributed by atoms with Gasteiger partial charge in [-0.2, -0.15) is 0 Å². The maximum Gasteiger partial charge on any atom is 0.309 e. The van der Waals surface area contributed by atoms with Gasteiger partial charge in [0.2, 0.25) is 0 Å². The molecule has 2 bridgehead atoms. The molecule has 0 unspecified atom stereocenters. The predicted molar refractivity (Wildman–Crippen MR) is 137 cm³/mol. The Morgan fingerprint density at radius 1 is 1.02 bits per heavy atom. The van der Waals surface area contributed by atoms with E-state index in [1.165, 1.54) is 40.2 Å². The van der Waals surface area contributed by atoms with Gasteiger partial charge in [0.25, 0.3) is 0 Å². The molecule has 4 aliphatic rings. The summed E-state index contributed by atoms with van der Waals surface area (Å²) in [6.45, 7) is 8.81. The summed E-state index contributed by atoms with van der Waals surface area (Å²) in [7, 11) is 0. The molecule has 2 saturated carbocycles. The molecule has 1 spiro atoms. The highest BCUT2D eigenvalue weighted by atomic mass is 16.6. The molecule has 4 fully saturated rings. The van der Waals surface area contributed by atoms with Crippen LogP contribution in [0.4, 0.5) is 0 Å². The van der Waals surface area contributed by atoms with E-state index in [0.29, 0.717) is 5.56 Å². The van der Waals surface area contributed by atoms with Gasteiger partial charge in [-0.25, -0.2) is 0 Å². The Morgan fingerprint density at radius 2 is 1.71 bits per heavy atom. The van der Waals surface area contributed by atoms with E-state index >= 15 is 0 Å². The van der Waals surface area contributed by atoms with Crippen molar-refractivity contribution in [1.82, 2.24) is 0 Å². The van der Waals surface area contributed by atoms with Gasteiger partial charge in [-0.3, -0.25) is 24.0 Å². The van der Waals surface area contributed by atoms with Crippen LogP contribution >= 0.6 is 0 Å². The molecular formula is C29H34O13. The second-order valence-corrected chi connectivity index (χ2v) is 11.4. The number of fused-ring (bicyclic) bond motifs is 3. The highest BCUT2D eigenvalue weighted by Gasteiger charge is 2.74. The summed E-state index contributed by atoms with van der Waals surface area (Å²) in [5.41, 5.74) is -2.99. The van der Waals surface area contributed by atoms with E-state index in [9.17, 15) is 29.1 Å². The summed E-state index contributed by atoms with van der Waals surface area (Å²) >= 11 is 0. The lowest BCUT2D eigenvalue weighted by atomic mass is 9.50. The van der Waals surface area contributed by atoms with Crippen molar-refractivity contribution in [3.8, 4) is 0 Å². The van der Waals surface area contributed by atoms with Crippen molar-refractivity contribution in [3.63, 3.8) is 0 Å². The second-order valence-electron chi connectivity index (χ2n) is 11.4. The average Bonchev–Trinajstić information content (AvgIpc) is 3.42. The predicted octanol–water partition coefficient (Wildman–Crippen LogP) is 1.71. The molecule has 3 heterocycles. The number of esters is 5. The molecule has 42 heavy (non-hydrogen) atoms. The van der Waals surface area contributed by atoms with Crippen LogP contribution in [0.15, 0.2) is 35.2 Å². The van der Waals surface area contributed by atoms with Crippen molar-refractivity contribution in [2.75, 3.05) is 6.61 Å². The van der Waals surface area contributed by atoms with Crippen molar-refractivity contribution in [3.05, 3.63) is 36.3 Å². The number of ether oxygens (including phenoxy) is 6. The van der Waals surface area contributed by atoms with E-state index < -0.39 is 89.3 Å². The molecule has 2 saturated heterocycles. The van der Waals surface area contributed by atoms with Gasteiger partial charge in [-0.05, 0) is 24.5 Å². The van der Waals surface area contributed by atoms with Crippen LogP contribution in [0.1, 0.15) is 58.6 Å². The Bertz CT molecular complexity index is 1290. The highest BCUT2D eigenvalue weighted by Crippen LogP contribution is 2.64. The number of rotatable bonds is 6. The zero-order chi connectivity index (χ0) is 30.6. The number of hydrogen-bond donors (Lipinski definition) is 1. The van der Waals surface area contributed by atoms with Crippen LogP contribution in [-0.4, -0.2) is 77.2 Å². The molecule has 5 rings (SSSR count). The Hall–Kier alpha value is -3.71.